The van der Waals surface area contributed by atoms with Gasteiger partial charge in [0.1, 0.15) is 16.5 Å². The number of benzene rings is 3. The van der Waals surface area contributed by atoms with Gasteiger partial charge in [-0.15, -0.1) is 11.3 Å². The molecule has 0 bridgehead atoms. The molecule has 0 atom stereocenters. The van der Waals surface area contributed by atoms with Crippen LogP contribution < -0.4 is 9.47 Å². The SMILES string of the molecule is CCCCC1CCC(c2ccc(C(=O)Oc3ccc(OC(=O)C4CCC(C5CCC(CCCC)CC5)CC4)c(-c4nc5ccccc5s4)c3)cc2)CC1. The van der Waals surface area contributed by atoms with Crippen LogP contribution in [0.2, 0.25) is 0 Å². The van der Waals surface area contributed by atoms with E-state index in [-0.39, 0.29) is 11.9 Å². The quantitative estimate of drug-likeness (QED) is 0.101. The highest BCUT2D eigenvalue weighted by Gasteiger charge is 2.34. The topological polar surface area (TPSA) is 65.5 Å². The molecule has 0 unspecified atom stereocenters. The van der Waals surface area contributed by atoms with Gasteiger partial charge in [-0.1, -0.05) is 89.5 Å². The van der Waals surface area contributed by atoms with Gasteiger partial charge in [0.2, 0.25) is 0 Å². The van der Waals surface area contributed by atoms with E-state index in [1.54, 1.807) is 29.5 Å². The summed E-state index contributed by atoms with van der Waals surface area (Å²) in [6.07, 6.45) is 22.6. The van der Waals surface area contributed by atoms with E-state index < -0.39 is 5.97 Å². The zero-order valence-electron chi connectivity index (χ0n) is 32.0. The fourth-order valence-corrected chi connectivity index (χ4v) is 10.6. The van der Waals surface area contributed by atoms with Crippen LogP contribution in [0.5, 0.6) is 11.5 Å². The third-order valence-corrected chi connectivity index (χ3v) is 14.0. The van der Waals surface area contributed by atoms with Gasteiger partial charge in [0.25, 0.3) is 0 Å². The standard InChI is InChI=1S/C47H59NO4S/c1-3-5-9-32-13-17-34(18-14-32)36-21-25-38(26-22-36)46(49)51-40-29-30-43(41(31-40)45-48-42-11-7-8-12-44(42)53-45)52-47(50)39-27-23-37(24-28-39)35-19-15-33(16-20-35)10-6-4-2/h7-8,11-12,21-22,25-26,29-35,37,39H,3-6,9-10,13-20,23-24,27-28H2,1-2H3. The number of aromatic nitrogens is 1. The lowest BCUT2D eigenvalue weighted by atomic mass is 9.68. The Kier molecular flexibility index (Phi) is 13.0. The van der Waals surface area contributed by atoms with Gasteiger partial charge in [-0.25, -0.2) is 9.78 Å². The predicted octanol–water partition coefficient (Wildman–Crippen LogP) is 13.4. The van der Waals surface area contributed by atoms with Crippen molar-refractivity contribution in [2.45, 2.75) is 135 Å². The normalized spacial score (nSPS) is 24.9. The Bertz CT molecular complexity index is 1760. The third kappa shape index (κ3) is 9.60. The summed E-state index contributed by atoms with van der Waals surface area (Å²) in [4.78, 5) is 31.9. The van der Waals surface area contributed by atoms with Crippen molar-refractivity contribution < 1.29 is 19.1 Å². The molecule has 4 aromatic rings. The predicted molar refractivity (Wildman–Crippen MR) is 217 cm³/mol. The van der Waals surface area contributed by atoms with Crippen LogP contribution in [0.15, 0.2) is 66.7 Å². The van der Waals surface area contributed by atoms with E-state index in [4.69, 9.17) is 14.5 Å². The van der Waals surface area contributed by atoms with Crippen molar-refractivity contribution in [1.82, 2.24) is 4.98 Å². The Labute approximate surface area is 321 Å². The highest BCUT2D eigenvalue weighted by atomic mass is 32.1. The molecule has 0 radical (unpaired) electrons. The first-order chi connectivity index (χ1) is 26.0. The Morgan fingerprint density at radius 2 is 1.32 bits per heavy atom. The smallest absolute Gasteiger partial charge is 0.343 e. The second-order valence-electron chi connectivity index (χ2n) is 16.5. The Morgan fingerprint density at radius 1 is 0.698 bits per heavy atom. The number of para-hydroxylation sites is 1. The molecule has 0 saturated heterocycles. The van der Waals surface area contributed by atoms with Crippen LogP contribution in [0, 0.1) is 29.6 Å². The van der Waals surface area contributed by atoms with Gasteiger partial charge in [0.05, 0.1) is 27.3 Å². The van der Waals surface area contributed by atoms with Crippen LogP contribution >= 0.6 is 11.3 Å². The number of hydrogen-bond donors (Lipinski definition) is 0. The maximum Gasteiger partial charge on any atom is 0.343 e. The molecule has 0 amide bonds. The minimum absolute atomic E-state index is 0.0908. The number of fused-ring (bicyclic) bond motifs is 1. The summed E-state index contributed by atoms with van der Waals surface area (Å²) in [7, 11) is 0. The summed E-state index contributed by atoms with van der Waals surface area (Å²) in [5.41, 5.74) is 3.41. The van der Waals surface area contributed by atoms with E-state index in [1.165, 1.54) is 95.5 Å². The second-order valence-corrected chi connectivity index (χ2v) is 17.5. The van der Waals surface area contributed by atoms with Gasteiger partial charge in [-0.2, -0.15) is 0 Å². The summed E-state index contributed by atoms with van der Waals surface area (Å²) < 4.78 is 13.2. The van der Waals surface area contributed by atoms with Crippen LogP contribution in [-0.2, 0) is 4.79 Å². The summed E-state index contributed by atoms with van der Waals surface area (Å²) >= 11 is 1.55. The van der Waals surface area contributed by atoms with Gasteiger partial charge in [-0.3, -0.25) is 4.79 Å². The molecule has 3 aliphatic rings. The van der Waals surface area contributed by atoms with Crippen molar-refractivity contribution in [2.24, 2.45) is 29.6 Å². The molecule has 53 heavy (non-hydrogen) atoms. The molecular weight excluding hydrogens is 675 g/mol. The molecule has 6 heteroatoms. The van der Waals surface area contributed by atoms with Crippen molar-refractivity contribution in [2.75, 3.05) is 0 Å². The number of unbranched alkanes of at least 4 members (excludes halogenated alkanes) is 2. The number of nitrogens with zero attached hydrogens (tertiary/aromatic N) is 1. The van der Waals surface area contributed by atoms with Crippen molar-refractivity contribution in [3.05, 3.63) is 77.9 Å². The van der Waals surface area contributed by atoms with Gasteiger partial charge >= 0.3 is 11.9 Å². The molecule has 1 aromatic heterocycles. The number of esters is 2. The van der Waals surface area contributed by atoms with E-state index in [0.717, 1.165) is 64.6 Å². The van der Waals surface area contributed by atoms with Crippen molar-refractivity contribution in [1.29, 1.82) is 0 Å². The van der Waals surface area contributed by atoms with E-state index >= 15 is 0 Å². The number of carbonyl (C=O) groups is 2. The molecule has 5 nitrogen and oxygen atoms in total. The molecule has 0 spiro atoms. The number of ether oxygens (including phenoxy) is 2. The first-order valence-corrected chi connectivity index (χ1v) is 21.8. The van der Waals surface area contributed by atoms with E-state index in [2.05, 4.69) is 26.0 Å². The minimum atomic E-state index is -0.397. The Hall–Kier alpha value is -3.51. The minimum Gasteiger partial charge on any atom is -0.426 e. The van der Waals surface area contributed by atoms with Crippen LogP contribution in [0.3, 0.4) is 0 Å². The van der Waals surface area contributed by atoms with Gasteiger partial charge < -0.3 is 9.47 Å². The van der Waals surface area contributed by atoms with Gasteiger partial charge in [-0.05, 0) is 142 Å². The molecule has 1 heterocycles. The molecule has 282 valence electrons. The second kappa shape index (κ2) is 18.2. The highest BCUT2D eigenvalue weighted by Crippen LogP contribution is 2.44. The first-order valence-electron chi connectivity index (χ1n) is 21.0. The van der Waals surface area contributed by atoms with E-state index in [0.29, 0.717) is 28.5 Å². The molecule has 3 saturated carbocycles. The van der Waals surface area contributed by atoms with E-state index in [9.17, 15) is 9.59 Å². The lowest BCUT2D eigenvalue weighted by Crippen LogP contribution is -2.30. The average molecular weight is 734 g/mol. The lowest BCUT2D eigenvalue weighted by Gasteiger charge is -2.37. The number of hydrogen-bond acceptors (Lipinski definition) is 6. The monoisotopic (exact) mass is 733 g/mol. The fourth-order valence-electron chi connectivity index (χ4n) is 9.61. The molecule has 0 aliphatic heterocycles. The summed E-state index contributed by atoms with van der Waals surface area (Å²) in [5.74, 6) is 4.16. The largest absolute Gasteiger partial charge is 0.426 e. The molecule has 3 aliphatic carbocycles. The van der Waals surface area contributed by atoms with Crippen LogP contribution in [0.1, 0.15) is 151 Å². The maximum atomic E-state index is 13.7. The zero-order valence-corrected chi connectivity index (χ0v) is 32.8. The first kappa shape index (κ1) is 37.8. The Balaban J connectivity index is 0.994. The van der Waals surface area contributed by atoms with E-state index in [1.807, 2.05) is 36.4 Å². The van der Waals surface area contributed by atoms with Crippen LogP contribution in [-0.4, -0.2) is 16.9 Å². The van der Waals surface area contributed by atoms with Crippen molar-refractivity contribution in [3.63, 3.8) is 0 Å². The molecule has 3 fully saturated rings. The van der Waals surface area contributed by atoms with Gasteiger partial charge in [0.15, 0.2) is 0 Å². The number of carbonyl (C=O) groups excluding carboxylic acids is 2. The lowest BCUT2D eigenvalue weighted by molar-refractivity contribution is -0.140. The molecule has 7 rings (SSSR count). The fraction of sp³-hybridized carbons (Fsp3) is 0.553. The Morgan fingerprint density at radius 3 is 1.96 bits per heavy atom. The number of rotatable bonds is 13. The highest BCUT2D eigenvalue weighted by molar-refractivity contribution is 7.21. The summed E-state index contributed by atoms with van der Waals surface area (Å²) in [6.45, 7) is 4.57. The van der Waals surface area contributed by atoms with Gasteiger partial charge in [0, 0.05) is 0 Å². The van der Waals surface area contributed by atoms with Crippen molar-refractivity contribution >= 4 is 33.5 Å². The summed E-state index contributed by atoms with van der Waals surface area (Å²) in [5, 5.41) is 0.735. The molecular formula is C47H59NO4S. The molecule has 3 aromatic carbocycles. The van der Waals surface area contributed by atoms with Crippen LogP contribution in [0.4, 0.5) is 0 Å². The molecule has 0 N–H and O–H groups in total. The zero-order chi connectivity index (χ0) is 36.6. The van der Waals surface area contributed by atoms with Crippen LogP contribution in [0.25, 0.3) is 20.8 Å². The average Bonchev–Trinajstić information content (AvgIpc) is 3.65. The third-order valence-electron chi connectivity index (χ3n) is 13.0. The van der Waals surface area contributed by atoms with Crippen molar-refractivity contribution in [3.8, 4) is 22.1 Å². The summed E-state index contributed by atoms with van der Waals surface area (Å²) in [6, 6.07) is 21.3. The maximum absolute atomic E-state index is 13.7. The number of thiazole rings is 1.